The molecule has 0 bridgehead atoms. The summed E-state index contributed by atoms with van der Waals surface area (Å²) in [5.74, 6) is 0.981. The van der Waals surface area contributed by atoms with Gasteiger partial charge in [0.2, 0.25) is 5.82 Å². The average Bonchev–Trinajstić information content (AvgIpc) is 3.36. The number of hydrogen-bond acceptors (Lipinski definition) is 7. The highest BCUT2D eigenvalue weighted by Crippen LogP contribution is 2.29. The number of carbonyl (C=O) groups is 1. The Hall–Kier alpha value is -3.19. The minimum atomic E-state index is -0.459. The van der Waals surface area contributed by atoms with Crippen LogP contribution in [0.2, 0.25) is 0 Å². The maximum Gasteiger partial charge on any atom is 0.339 e. The van der Waals surface area contributed by atoms with Gasteiger partial charge in [-0.1, -0.05) is 35.5 Å². The molecular formula is C19H14N2O4S. The summed E-state index contributed by atoms with van der Waals surface area (Å²) in [6.07, 6.45) is 0. The third kappa shape index (κ3) is 3.04. The number of esters is 1. The lowest BCUT2D eigenvalue weighted by molar-refractivity contribution is 0.0432. The number of ether oxygens (including phenoxy) is 2. The zero-order valence-electron chi connectivity index (χ0n) is 13.8. The largest absolute Gasteiger partial charge is 0.496 e. The van der Waals surface area contributed by atoms with Gasteiger partial charge in [-0.15, -0.1) is 11.3 Å². The van der Waals surface area contributed by atoms with E-state index in [1.54, 1.807) is 19.2 Å². The first-order valence-electron chi connectivity index (χ1n) is 7.85. The van der Waals surface area contributed by atoms with Gasteiger partial charge >= 0.3 is 5.97 Å². The third-order valence-corrected chi connectivity index (χ3v) is 4.73. The highest BCUT2D eigenvalue weighted by Gasteiger charge is 2.16. The van der Waals surface area contributed by atoms with Gasteiger partial charge in [0.1, 0.15) is 5.75 Å². The standard InChI is InChI=1S/C19H14N2O4S/c1-23-15-9-8-14(12-5-2-3-6-13(12)15)19(22)24-11-17-20-18(21-25-17)16-7-4-10-26-16/h2-10H,11H2,1H3. The van der Waals surface area contributed by atoms with Crippen LogP contribution in [-0.4, -0.2) is 23.2 Å². The molecule has 0 saturated heterocycles. The lowest BCUT2D eigenvalue weighted by Crippen LogP contribution is -2.06. The second-order valence-corrected chi connectivity index (χ2v) is 6.37. The van der Waals surface area contributed by atoms with E-state index in [9.17, 15) is 4.79 Å². The number of nitrogens with zero attached hydrogens (tertiary/aromatic N) is 2. The summed E-state index contributed by atoms with van der Waals surface area (Å²) in [5, 5.41) is 7.44. The normalized spacial score (nSPS) is 10.8. The van der Waals surface area contributed by atoms with Crippen LogP contribution in [0.4, 0.5) is 0 Å². The fourth-order valence-corrected chi connectivity index (χ4v) is 3.30. The van der Waals surface area contributed by atoms with Crippen molar-refractivity contribution in [1.82, 2.24) is 10.1 Å². The fourth-order valence-electron chi connectivity index (χ4n) is 2.65. The summed E-state index contributed by atoms with van der Waals surface area (Å²) in [4.78, 5) is 17.7. The molecule has 7 heteroatoms. The summed E-state index contributed by atoms with van der Waals surface area (Å²) >= 11 is 1.51. The van der Waals surface area contributed by atoms with Crippen LogP contribution in [0.25, 0.3) is 21.5 Å². The van der Waals surface area contributed by atoms with Crippen molar-refractivity contribution >= 4 is 28.1 Å². The Morgan fingerprint density at radius 1 is 1.12 bits per heavy atom. The predicted molar refractivity (Wildman–Crippen MR) is 97.2 cm³/mol. The molecule has 0 amide bonds. The van der Waals surface area contributed by atoms with E-state index in [4.69, 9.17) is 14.0 Å². The molecule has 2 aromatic heterocycles. The van der Waals surface area contributed by atoms with Crippen LogP contribution in [0.5, 0.6) is 5.75 Å². The van der Waals surface area contributed by atoms with E-state index >= 15 is 0 Å². The number of carbonyl (C=O) groups excluding carboxylic acids is 1. The Bertz CT molecular complexity index is 1060. The Labute approximate surface area is 153 Å². The van der Waals surface area contributed by atoms with Crippen molar-refractivity contribution in [3.8, 4) is 16.5 Å². The summed E-state index contributed by atoms with van der Waals surface area (Å²) in [6, 6.07) is 14.8. The highest BCUT2D eigenvalue weighted by atomic mass is 32.1. The van der Waals surface area contributed by atoms with Gasteiger partial charge in [-0.3, -0.25) is 0 Å². The van der Waals surface area contributed by atoms with Gasteiger partial charge in [0.25, 0.3) is 5.89 Å². The minimum Gasteiger partial charge on any atom is -0.496 e. The predicted octanol–water partition coefficient (Wildman–Crippen LogP) is 4.32. The van der Waals surface area contributed by atoms with Crippen LogP contribution in [0, 0.1) is 0 Å². The molecule has 26 heavy (non-hydrogen) atoms. The molecule has 0 saturated carbocycles. The minimum absolute atomic E-state index is 0.0857. The summed E-state index contributed by atoms with van der Waals surface area (Å²) in [6.45, 7) is -0.0857. The molecule has 0 fully saturated rings. The molecule has 0 atom stereocenters. The number of benzene rings is 2. The number of rotatable bonds is 5. The van der Waals surface area contributed by atoms with Crippen LogP contribution < -0.4 is 4.74 Å². The topological polar surface area (TPSA) is 74.5 Å². The first-order valence-corrected chi connectivity index (χ1v) is 8.73. The van der Waals surface area contributed by atoms with E-state index in [0.29, 0.717) is 17.1 Å². The second kappa shape index (κ2) is 6.97. The van der Waals surface area contributed by atoms with Gasteiger partial charge in [0, 0.05) is 5.39 Å². The van der Waals surface area contributed by atoms with Crippen molar-refractivity contribution in [2.75, 3.05) is 7.11 Å². The van der Waals surface area contributed by atoms with Crippen LogP contribution in [0.3, 0.4) is 0 Å². The van der Waals surface area contributed by atoms with Crippen molar-refractivity contribution < 1.29 is 18.8 Å². The number of fused-ring (bicyclic) bond motifs is 1. The molecule has 4 rings (SSSR count). The zero-order valence-corrected chi connectivity index (χ0v) is 14.7. The van der Waals surface area contributed by atoms with Gasteiger partial charge in [-0.2, -0.15) is 4.98 Å². The molecule has 0 spiro atoms. The number of hydrogen-bond donors (Lipinski definition) is 0. The third-order valence-electron chi connectivity index (χ3n) is 3.86. The highest BCUT2D eigenvalue weighted by molar-refractivity contribution is 7.13. The van der Waals surface area contributed by atoms with Crippen LogP contribution >= 0.6 is 11.3 Å². The van der Waals surface area contributed by atoms with Gasteiger partial charge < -0.3 is 14.0 Å². The zero-order chi connectivity index (χ0) is 17.9. The van der Waals surface area contributed by atoms with Crippen molar-refractivity contribution in [2.24, 2.45) is 0 Å². The van der Waals surface area contributed by atoms with E-state index in [-0.39, 0.29) is 12.5 Å². The lowest BCUT2D eigenvalue weighted by atomic mass is 10.0. The molecular weight excluding hydrogens is 352 g/mol. The average molecular weight is 366 g/mol. The van der Waals surface area contributed by atoms with E-state index < -0.39 is 5.97 Å². The van der Waals surface area contributed by atoms with Crippen molar-refractivity contribution in [2.45, 2.75) is 6.61 Å². The van der Waals surface area contributed by atoms with Crippen molar-refractivity contribution in [3.05, 3.63) is 65.4 Å². The maximum atomic E-state index is 12.5. The first-order chi connectivity index (χ1) is 12.8. The maximum absolute atomic E-state index is 12.5. The molecule has 0 N–H and O–H groups in total. The summed E-state index contributed by atoms with van der Waals surface area (Å²) < 4.78 is 15.8. The van der Waals surface area contributed by atoms with E-state index in [2.05, 4.69) is 10.1 Å². The Kier molecular flexibility index (Phi) is 4.37. The number of aromatic nitrogens is 2. The van der Waals surface area contributed by atoms with E-state index in [0.717, 1.165) is 15.6 Å². The molecule has 0 aliphatic heterocycles. The van der Waals surface area contributed by atoms with Gasteiger partial charge in [0.15, 0.2) is 6.61 Å². The second-order valence-electron chi connectivity index (χ2n) is 5.43. The van der Waals surface area contributed by atoms with Gasteiger partial charge in [-0.25, -0.2) is 4.79 Å². The molecule has 6 nitrogen and oxygen atoms in total. The van der Waals surface area contributed by atoms with Crippen molar-refractivity contribution in [1.29, 1.82) is 0 Å². The van der Waals surface area contributed by atoms with E-state index in [1.807, 2.05) is 41.8 Å². The van der Waals surface area contributed by atoms with Gasteiger partial charge in [0.05, 0.1) is 17.6 Å². The number of methoxy groups -OCH3 is 1. The number of thiophene rings is 1. The molecule has 0 unspecified atom stereocenters. The molecule has 4 aromatic rings. The van der Waals surface area contributed by atoms with E-state index in [1.165, 1.54) is 11.3 Å². The molecule has 0 radical (unpaired) electrons. The monoisotopic (exact) mass is 366 g/mol. The molecule has 130 valence electrons. The Balaban J connectivity index is 1.53. The smallest absolute Gasteiger partial charge is 0.339 e. The molecule has 0 aliphatic rings. The SMILES string of the molecule is COc1ccc(C(=O)OCc2nc(-c3cccs3)no2)c2ccccc12. The molecule has 2 heterocycles. The van der Waals surface area contributed by atoms with Crippen LogP contribution in [0.1, 0.15) is 16.2 Å². The van der Waals surface area contributed by atoms with Crippen LogP contribution in [-0.2, 0) is 11.3 Å². The van der Waals surface area contributed by atoms with Gasteiger partial charge in [-0.05, 0) is 29.0 Å². The quantitative estimate of drug-likeness (QED) is 0.490. The first kappa shape index (κ1) is 16.3. The summed E-state index contributed by atoms with van der Waals surface area (Å²) in [7, 11) is 1.60. The fraction of sp³-hybridized carbons (Fsp3) is 0.105. The van der Waals surface area contributed by atoms with Crippen molar-refractivity contribution in [3.63, 3.8) is 0 Å². The Morgan fingerprint density at radius 2 is 1.96 bits per heavy atom. The molecule has 0 aliphatic carbocycles. The Morgan fingerprint density at radius 3 is 2.73 bits per heavy atom. The lowest BCUT2D eigenvalue weighted by Gasteiger charge is -2.09. The van der Waals surface area contributed by atoms with Crippen LogP contribution in [0.15, 0.2) is 58.4 Å². The molecule has 2 aromatic carbocycles. The summed E-state index contributed by atoms with van der Waals surface area (Å²) in [5.41, 5.74) is 0.458.